The Kier molecular flexibility index (Phi) is 9.56. The van der Waals surface area contributed by atoms with Gasteiger partial charge in [0.15, 0.2) is 0 Å². The zero-order valence-electron chi connectivity index (χ0n) is 22.4. The standard InChI is InChI=1S/C28H36N4O2.C2H6/c1-21(24-11-13-31(2)14-12-24)34-25-8-10-28-26(19-25)27(29-30-28)9-7-22-3-5-23(6-4-22)20-32-15-17-33-18-16-32;1-2/h3-10,19,21,24H,11-18,20H2,1-2H3,(H,29,30);1-2H3/b9-7+;. The molecule has 1 unspecified atom stereocenters. The lowest BCUT2D eigenvalue weighted by atomic mass is 9.92. The van der Waals surface area contributed by atoms with Gasteiger partial charge < -0.3 is 14.4 Å². The van der Waals surface area contributed by atoms with Crippen LogP contribution in [0.4, 0.5) is 0 Å². The van der Waals surface area contributed by atoms with Gasteiger partial charge in [0.05, 0.1) is 30.5 Å². The van der Waals surface area contributed by atoms with Gasteiger partial charge in [-0.2, -0.15) is 5.10 Å². The summed E-state index contributed by atoms with van der Waals surface area (Å²) in [6, 6.07) is 15.0. The highest BCUT2D eigenvalue weighted by Gasteiger charge is 2.23. The summed E-state index contributed by atoms with van der Waals surface area (Å²) >= 11 is 0. The predicted molar refractivity (Wildman–Crippen MR) is 149 cm³/mol. The zero-order valence-corrected chi connectivity index (χ0v) is 22.4. The molecule has 0 bridgehead atoms. The number of H-pyrrole nitrogens is 1. The lowest BCUT2D eigenvalue weighted by Gasteiger charge is -2.32. The predicted octanol–water partition coefficient (Wildman–Crippen LogP) is 5.70. The largest absolute Gasteiger partial charge is 0.490 e. The topological polar surface area (TPSA) is 53.6 Å². The van der Waals surface area contributed by atoms with E-state index in [9.17, 15) is 0 Å². The van der Waals surface area contributed by atoms with Crippen LogP contribution in [0, 0.1) is 5.92 Å². The Hall–Kier alpha value is -2.67. The van der Waals surface area contributed by atoms with E-state index >= 15 is 0 Å². The number of nitrogens with zero attached hydrogens (tertiary/aromatic N) is 3. The van der Waals surface area contributed by atoms with Crippen LogP contribution in [0.3, 0.4) is 0 Å². The van der Waals surface area contributed by atoms with E-state index in [1.807, 2.05) is 19.9 Å². The number of ether oxygens (including phenoxy) is 2. The van der Waals surface area contributed by atoms with Gasteiger partial charge >= 0.3 is 0 Å². The maximum Gasteiger partial charge on any atom is 0.120 e. The van der Waals surface area contributed by atoms with Gasteiger partial charge in [0.25, 0.3) is 0 Å². The normalized spacial score (nSPS) is 18.8. The number of morpholine rings is 1. The van der Waals surface area contributed by atoms with Gasteiger partial charge in [-0.15, -0.1) is 0 Å². The first-order valence-electron chi connectivity index (χ1n) is 13.5. The Morgan fingerprint density at radius 2 is 1.75 bits per heavy atom. The molecule has 0 spiro atoms. The first-order valence-corrected chi connectivity index (χ1v) is 13.5. The van der Waals surface area contributed by atoms with Crippen molar-refractivity contribution in [2.24, 2.45) is 5.92 Å². The van der Waals surface area contributed by atoms with Gasteiger partial charge in [-0.05, 0) is 81.2 Å². The third kappa shape index (κ3) is 6.96. The van der Waals surface area contributed by atoms with Crippen LogP contribution in [0.25, 0.3) is 23.1 Å². The highest BCUT2D eigenvalue weighted by molar-refractivity contribution is 5.90. The maximum absolute atomic E-state index is 6.36. The van der Waals surface area contributed by atoms with Crippen LogP contribution < -0.4 is 4.74 Å². The van der Waals surface area contributed by atoms with E-state index in [1.165, 1.54) is 24.0 Å². The number of hydrogen-bond acceptors (Lipinski definition) is 5. The van der Waals surface area contributed by atoms with E-state index in [0.29, 0.717) is 5.92 Å². The van der Waals surface area contributed by atoms with Gasteiger partial charge in [-0.3, -0.25) is 10.00 Å². The van der Waals surface area contributed by atoms with Crippen molar-refractivity contribution >= 4 is 23.1 Å². The summed E-state index contributed by atoms with van der Waals surface area (Å²) in [4.78, 5) is 4.84. The van der Waals surface area contributed by atoms with Gasteiger partial charge in [-0.1, -0.05) is 44.2 Å². The quantitative estimate of drug-likeness (QED) is 0.460. The minimum absolute atomic E-state index is 0.216. The summed E-state index contributed by atoms with van der Waals surface area (Å²) < 4.78 is 11.8. The molecule has 194 valence electrons. The van der Waals surface area contributed by atoms with E-state index in [-0.39, 0.29) is 6.10 Å². The Labute approximate surface area is 216 Å². The molecular formula is C30H42N4O2. The van der Waals surface area contributed by atoms with Crippen LogP contribution >= 0.6 is 0 Å². The number of fused-ring (bicyclic) bond motifs is 1. The lowest BCUT2D eigenvalue weighted by molar-refractivity contribution is 0.0342. The van der Waals surface area contributed by atoms with Crippen LogP contribution in [-0.2, 0) is 11.3 Å². The fraction of sp³-hybridized carbons (Fsp3) is 0.500. The molecule has 3 heterocycles. The summed E-state index contributed by atoms with van der Waals surface area (Å²) in [7, 11) is 2.20. The minimum atomic E-state index is 0.216. The van der Waals surface area contributed by atoms with Gasteiger partial charge in [0, 0.05) is 25.0 Å². The molecular weight excluding hydrogens is 448 g/mol. The second-order valence-electron chi connectivity index (χ2n) is 9.74. The molecule has 2 aromatic carbocycles. The number of nitrogens with one attached hydrogen (secondary N) is 1. The molecule has 0 saturated carbocycles. The maximum atomic E-state index is 6.36. The molecule has 0 radical (unpaired) electrons. The highest BCUT2D eigenvalue weighted by atomic mass is 16.5. The lowest BCUT2D eigenvalue weighted by Crippen LogP contribution is -2.36. The van der Waals surface area contributed by atoms with Crippen molar-refractivity contribution in [3.63, 3.8) is 0 Å². The molecule has 2 fully saturated rings. The second kappa shape index (κ2) is 13.0. The molecule has 1 aromatic heterocycles. The molecule has 2 aliphatic rings. The highest BCUT2D eigenvalue weighted by Crippen LogP contribution is 2.28. The number of benzene rings is 2. The minimum Gasteiger partial charge on any atom is -0.490 e. The summed E-state index contributed by atoms with van der Waals surface area (Å²) in [5.41, 5.74) is 4.47. The molecule has 0 amide bonds. The van der Waals surface area contributed by atoms with Crippen molar-refractivity contribution in [2.45, 2.75) is 46.3 Å². The molecule has 1 atom stereocenters. The Morgan fingerprint density at radius 1 is 1.03 bits per heavy atom. The van der Waals surface area contributed by atoms with Crippen molar-refractivity contribution in [3.05, 3.63) is 59.3 Å². The van der Waals surface area contributed by atoms with E-state index in [4.69, 9.17) is 9.47 Å². The van der Waals surface area contributed by atoms with E-state index in [2.05, 4.69) is 82.5 Å². The molecule has 5 rings (SSSR count). The van der Waals surface area contributed by atoms with Crippen LogP contribution in [0.5, 0.6) is 5.75 Å². The number of aromatic nitrogens is 2. The van der Waals surface area contributed by atoms with E-state index in [0.717, 1.165) is 68.3 Å². The molecule has 6 nitrogen and oxygen atoms in total. The zero-order chi connectivity index (χ0) is 25.3. The summed E-state index contributed by atoms with van der Waals surface area (Å²) in [6.45, 7) is 13.2. The number of aromatic amines is 1. The van der Waals surface area contributed by atoms with Crippen molar-refractivity contribution in [1.82, 2.24) is 20.0 Å². The Morgan fingerprint density at radius 3 is 2.47 bits per heavy atom. The Bertz CT molecular complexity index is 1090. The van der Waals surface area contributed by atoms with Gasteiger partial charge in [-0.25, -0.2) is 0 Å². The molecule has 0 aliphatic carbocycles. The van der Waals surface area contributed by atoms with Crippen LogP contribution in [0.15, 0.2) is 42.5 Å². The molecule has 6 heteroatoms. The number of likely N-dealkylation sites (tertiary alicyclic amines) is 1. The molecule has 1 N–H and O–H groups in total. The third-order valence-electron chi connectivity index (χ3n) is 7.24. The summed E-state index contributed by atoms with van der Waals surface area (Å²) in [5.74, 6) is 1.53. The number of piperidine rings is 1. The SMILES string of the molecule is CC.CC(Oc1ccc2[nH]nc(/C=C/c3ccc(CN4CCOCC4)cc3)c2c1)C1CCN(C)CC1. The van der Waals surface area contributed by atoms with Crippen molar-refractivity contribution in [2.75, 3.05) is 46.4 Å². The molecule has 36 heavy (non-hydrogen) atoms. The average molecular weight is 491 g/mol. The molecule has 2 aliphatic heterocycles. The van der Waals surface area contributed by atoms with Crippen molar-refractivity contribution < 1.29 is 9.47 Å². The number of hydrogen-bond donors (Lipinski definition) is 1. The first-order chi connectivity index (χ1) is 17.6. The monoisotopic (exact) mass is 490 g/mol. The summed E-state index contributed by atoms with van der Waals surface area (Å²) in [6.07, 6.45) is 6.83. The van der Waals surface area contributed by atoms with Crippen molar-refractivity contribution in [1.29, 1.82) is 0 Å². The molecule has 3 aromatic rings. The van der Waals surface area contributed by atoms with Crippen LogP contribution in [0.1, 0.15) is 50.4 Å². The fourth-order valence-electron chi connectivity index (χ4n) is 4.95. The fourth-order valence-corrected chi connectivity index (χ4v) is 4.95. The first kappa shape index (κ1) is 26.4. The molecule has 2 saturated heterocycles. The summed E-state index contributed by atoms with van der Waals surface area (Å²) in [5, 5.41) is 8.77. The van der Waals surface area contributed by atoms with E-state index < -0.39 is 0 Å². The second-order valence-corrected chi connectivity index (χ2v) is 9.74. The smallest absolute Gasteiger partial charge is 0.120 e. The van der Waals surface area contributed by atoms with Crippen molar-refractivity contribution in [3.8, 4) is 5.75 Å². The number of rotatable bonds is 7. The third-order valence-corrected chi connectivity index (χ3v) is 7.24. The van der Waals surface area contributed by atoms with Crippen LogP contribution in [0.2, 0.25) is 0 Å². The van der Waals surface area contributed by atoms with Gasteiger partial charge in [0.1, 0.15) is 5.75 Å². The Balaban J connectivity index is 0.00000148. The average Bonchev–Trinajstić information content (AvgIpc) is 3.32. The van der Waals surface area contributed by atoms with E-state index in [1.54, 1.807) is 0 Å². The van der Waals surface area contributed by atoms with Crippen LogP contribution in [-0.4, -0.2) is 72.5 Å². The van der Waals surface area contributed by atoms with Gasteiger partial charge in [0.2, 0.25) is 0 Å².